The molecule has 47 heavy (non-hydrogen) atoms. The van der Waals surface area contributed by atoms with Crippen LogP contribution in [0.2, 0.25) is 0 Å². The van der Waals surface area contributed by atoms with Crippen molar-refractivity contribution in [3.8, 4) is 16.9 Å². The van der Waals surface area contributed by atoms with E-state index in [9.17, 15) is 0 Å². The maximum absolute atomic E-state index is 2.87. The Morgan fingerprint density at radius 1 is 0.723 bits per heavy atom. The Bertz CT molecular complexity index is 2170. The molecule has 2 nitrogen and oxygen atoms in total. The van der Waals surface area contributed by atoms with Crippen molar-refractivity contribution in [1.82, 2.24) is 4.57 Å². The maximum atomic E-state index is 2.87. The average molecular weight is 617 g/mol. The van der Waals surface area contributed by atoms with Crippen LogP contribution >= 0.6 is 0 Å². The lowest BCUT2D eigenvalue weighted by molar-refractivity contribution is 0.195. The van der Waals surface area contributed by atoms with Crippen LogP contribution < -0.4 is 21.3 Å². The van der Waals surface area contributed by atoms with Gasteiger partial charge in [0.2, 0.25) is 0 Å². The van der Waals surface area contributed by atoms with Crippen LogP contribution in [0.4, 0.5) is 11.4 Å². The van der Waals surface area contributed by atoms with E-state index in [-0.39, 0.29) is 28.5 Å². The summed E-state index contributed by atoms with van der Waals surface area (Å²) in [6.07, 6.45) is 5.08. The highest BCUT2D eigenvalue weighted by Crippen LogP contribution is 2.62. The van der Waals surface area contributed by atoms with Gasteiger partial charge < -0.3 is 9.47 Å². The second kappa shape index (κ2) is 9.04. The van der Waals surface area contributed by atoms with E-state index >= 15 is 0 Å². The summed E-state index contributed by atoms with van der Waals surface area (Å²) in [5, 5.41) is 1.40. The van der Waals surface area contributed by atoms with Gasteiger partial charge in [0, 0.05) is 33.4 Å². The number of anilines is 2. The molecular formula is C44H49BN2. The number of fused-ring (bicyclic) bond motifs is 7. The third kappa shape index (κ3) is 3.59. The fourth-order valence-corrected chi connectivity index (χ4v) is 10.2. The van der Waals surface area contributed by atoms with Crippen molar-refractivity contribution in [3.63, 3.8) is 0 Å². The number of aromatic nitrogens is 1. The Balaban J connectivity index is 1.50. The summed E-state index contributed by atoms with van der Waals surface area (Å²) in [6, 6.07) is 26.5. The first-order chi connectivity index (χ1) is 22.1. The van der Waals surface area contributed by atoms with Crippen molar-refractivity contribution in [2.75, 3.05) is 4.90 Å². The lowest BCUT2D eigenvalue weighted by Crippen LogP contribution is -2.64. The van der Waals surface area contributed by atoms with Crippen molar-refractivity contribution in [3.05, 3.63) is 94.5 Å². The van der Waals surface area contributed by atoms with E-state index < -0.39 is 0 Å². The van der Waals surface area contributed by atoms with E-state index in [1.54, 1.807) is 5.56 Å². The number of nitrogens with zero attached hydrogens (tertiary/aromatic N) is 2. The smallest absolute Gasteiger partial charge is 0.252 e. The van der Waals surface area contributed by atoms with E-state index in [1.165, 1.54) is 104 Å². The highest BCUT2D eigenvalue weighted by Gasteiger charge is 2.61. The summed E-state index contributed by atoms with van der Waals surface area (Å²) in [5.41, 5.74) is 20.3. The molecule has 0 saturated heterocycles. The molecule has 1 aromatic heterocycles. The standard InChI is InChI=1S/C44H49BN2/c1-26-20-35-37-36(21-26)47-40-32(43(9)18-14-15-19-44(43,47)10)23-30(42(6,7)8)25-34(40)45(37)33-24-29(41(3,4)5)22-31-27(2)38(46(35)39(31)33)28-16-12-11-13-17-28/h11-13,16-17,20-25H,14-15,18-19H2,1-10H3. The van der Waals surface area contributed by atoms with Gasteiger partial charge in [-0.2, -0.15) is 0 Å². The van der Waals surface area contributed by atoms with Crippen LogP contribution in [-0.4, -0.2) is 16.8 Å². The molecule has 1 saturated carbocycles. The molecule has 0 spiro atoms. The molecule has 0 radical (unpaired) electrons. The average Bonchev–Trinajstić information content (AvgIpc) is 3.42. The quantitative estimate of drug-likeness (QED) is 0.167. The van der Waals surface area contributed by atoms with Crippen LogP contribution in [0.15, 0.2) is 66.7 Å². The minimum absolute atomic E-state index is 0.0308. The van der Waals surface area contributed by atoms with Crippen LogP contribution in [0.3, 0.4) is 0 Å². The summed E-state index contributed by atoms with van der Waals surface area (Å²) in [4.78, 5) is 2.87. The first kappa shape index (κ1) is 29.4. The van der Waals surface area contributed by atoms with Crippen molar-refractivity contribution >= 4 is 45.4 Å². The fourth-order valence-electron chi connectivity index (χ4n) is 10.2. The first-order valence-electron chi connectivity index (χ1n) is 18.0. The summed E-state index contributed by atoms with van der Waals surface area (Å²) in [7, 11) is 0. The van der Waals surface area contributed by atoms with E-state index in [4.69, 9.17) is 0 Å². The minimum atomic E-state index is 0.0308. The molecule has 1 fully saturated rings. The van der Waals surface area contributed by atoms with E-state index in [1.807, 2.05) is 0 Å². The molecule has 0 N–H and O–H groups in total. The van der Waals surface area contributed by atoms with Crippen molar-refractivity contribution in [2.24, 2.45) is 0 Å². The molecule has 3 heteroatoms. The maximum Gasteiger partial charge on any atom is 0.252 e. The van der Waals surface area contributed by atoms with E-state index in [0.717, 1.165) is 0 Å². The Hall–Kier alpha value is -3.72. The van der Waals surface area contributed by atoms with Crippen LogP contribution in [0.25, 0.3) is 27.8 Å². The van der Waals surface area contributed by atoms with Gasteiger partial charge in [-0.05, 0) is 112 Å². The number of hydrogen-bond acceptors (Lipinski definition) is 1. The Morgan fingerprint density at radius 3 is 2.06 bits per heavy atom. The van der Waals surface area contributed by atoms with Gasteiger partial charge in [0.05, 0.1) is 11.2 Å². The van der Waals surface area contributed by atoms with Crippen molar-refractivity contribution in [1.29, 1.82) is 0 Å². The number of aryl methyl sites for hydroxylation is 2. The van der Waals surface area contributed by atoms with Gasteiger partial charge in [0.25, 0.3) is 6.71 Å². The molecule has 4 aliphatic rings. The fraction of sp³-hybridized carbons (Fsp3) is 0.409. The van der Waals surface area contributed by atoms with Crippen LogP contribution in [0, 0.1) is 13.8 Å². The molecule has 1 aliphatic carbocycles. The van der Waals surface area contributed by atoms with Gasteiger partial charge in [0.15, 0.2) is 0 Å². The zero-order valence-corrected chi connectivity index (χ0v) is 30.2. The van der Waals surface area contributed by atoms with Crippen LogP contribution in [0.1, 0.15) is 109 Å². The topological polar surface area (TPSA) is 8.17 Å². The van der Waals surface area contributed by atoms with Crippen LogP contribution in [-0.2, 0) is 16.2 Å². The predicted molar refractivity (Wildman–Crippen MR) is 203 cm³/mol. The molecule has 5 aromatic rings. The van der Waals surface area contributed by atoms with Gasteiger partial charge in [-0.1, -0.05) is 110 Å². The second-order valence-corrected chi connectivity index (χ2v) is 17.9. The minimum Gasteiger partial charge on any atom is -0.335 e. The van der Waals surface area contributed by atoms with Crippen LogP contribution in [0.5, 0.6) is 0 Å². The van der Waals surface area contributed by atoms with Gasteiger partial charge in [-0.25, -0.2) is 0 Å². The zero-order valence-electron chi connectivity index (χ0n) is 30.2. The van der Waals surface area contributed by atoms with Crippen molar-refractivity contribution in [2.45, 2.75) is 117 Å². The summed E-state index contributed by atoms with van der Waals surface area (Å²) in [5.74, 6) is 0. The van der Waals surface area contributed by atoms with Gasteiger partial charge in [-0.3, -0.25) is 0 Å². The third-order valence-corrected chi connectivity index (χ3v) is 13.0. The third-order valence-electron chi connectivity index (χ3n) is 13.0. The molecule has 4 heterocycles. The summed E-state index contributed by atoms with van der Waals surface area (Å²) >= 11 is 0. The molecule has 0 bridgehead atoms. The Labute approximate surface area is 282 Å². The molecule has 238 valence electrons. The normalized spacial score (nSPS) is 22.4. The Morgan fingerprint density at radius 2 is 1.36 bits per heavy atom. The summed E-state index contributed by atoms with van der Waals surface area (Å²) < 4.78 is 2.67. The molecule has 9 rings (SSSR count). The number of benzene rings is 4. The predicted octanol–water partition coefficient (Wildman–Crippen LogP) is 9.39. The molecule has 0 amide bonds. The second-order valence-electron chi connectivity index (χ2n) is 17.9. The largest absolute Gasteiger partial charge is 0.335 e. The van der Waals surface area contributed by atoms with E-state index in [2.05, 4.69) is 145 Å². The van der Waals surface area contributed by atoms with Crippen molar-refractivity contribution < 1.29 is 0 Å². The molecule has 4 aromatic carbocycles. The SMILES string of the molecule is Cc1cc2c3c(c1)-n1c(-c4ccccc4)c(C)c4cc(C(C)(C)C)cc(c41)B3c1cc(C(C)(C)C)cc3c1N2C1(C)CCCCC31C. The lowest BCUT2D eigenvalue weighted by atomic mass is 9.33. The Kier molecular flexibility index (Phi) is 5.66. The van der Waals surface area contributed by atoms with Gasteiger partial charge in [-0.15, -0.1) is 0 Å². The first-order valence-corrected chi connectivity index (χ1v) is 18.0. The zero-order chi connectivity index (χ0) is 33.0. The monoisotopic (exact) mass is 616 g/mol. The van der Waals surface area contributed by atoms with Gasteiger partial charge in [0.1, 0.15) is 0 Å². The lowest BCUT2D eigenvalue weighted by Gasteiger charge is -2.52. The molecular weight excluding hydrogens is 567 g/mol. The number of rotatable bonds is 1. The van der Waals surface area contributed by atoms with Gasteiger partial charge >= 0.3 is 0 Å². The molecule has 2 unspecified atom stereocenters. The molecule has 3 aliphatic heterocycles. The number of hydrogen-bond donors (Lipinski definition) is 0. The highest BCUT2D eigenvalue weighted by atomic mass is 15.3. The highest BCUT2D eigenvalue weighted by molar-refractivity contribution is 7.00. The van der Waals surface area contributed by atoms with E-state index in [0.29, 0.717) is 0 Å². The molecule has 2 atom stereocenters. The summed E-state index contributed by atoms with van der Waals surface area (Å²) in [6.45, 7) is 24.4.